The number of carbonyl (C=O) groups is 2. The van der Waals surface area contributed by atoms with Gasteiger partial charge in [-0.1, -0.05) is 20.8 Å². The summed E-state index contributed by atoms with van der Waals surface area (Å²) in [4.78, 5) is 26.2. The highest BCUT2D eigenvalue weighted by atomic mass is 16.5. The Kier molecular flexibility index (Phi) is 5.76. The van der Waals surface area contributed by atoms with Crippen LogP contribution in [0.25, 0.3) is 0 Å². The van der Waals surface area contributed by atoms with Gasteiger partial charge in [-0.15, -0.1) is 0 Å². The monoisotopic (exact) mass is 322 g/mol. The Morgan fingerprint density at radius 3 is 2.83 bits per heavy atom. The highest BCUT2D eigenvalue weighted by Gasteiger charge is 2.30. The van der Waals surface area contributed by atoms with E-state index in [0.717, 1.165) is 12.1 Å². The van der Waals surface area contributed by atoms with Crippen molar-refractivity contribution in [1.82, 2.24) is 20.4 Å². The molecule has 1 aromatic heterocycles. The molecule has 2 atom stereocenters. The molecule has 0 saturated carbocycles. The van der Waals surface area contributed by atoms with Gasteiger partial charge in [0.1, 0.15) is 11.8 Å². The smallest absolute Gasteiger partial charge is 0.274 e. The molecule has 0 bridgehead atoms. The molecule has 2 rings (SSSR count). The van der Waals surface area contributed by atoms with Gasteiger partial charge in [0.15, 0.2) is 0 Å². The van der Waals surface area contributed by atoms with Crippen molar-refractivity contribution in [2.24, 2.45) is 0 Å². The number of methoxy groups -OCH3 is 1. The molecule has 7 nitrogen and oxygen atoms in total. The molecule has 0 aromatic carbocycles. The zero-order valence-corrected chi connectivity index (χ0v) is 14.3. The Balaban J connectivity index is 1.91. The standard InChI is InChI=1S/C16H26N4O3/c1-5-14(23-4)15(21)17-11-6-7-20(9-11)16(22)13-8-12(10(2)3)18-19-13/h8,10-11,14H,5-7,9H2,1-4H3,(H,17,21)(H,18,19). The van der Waals surface area contributed by atoms with Crippen molar-refractivity contribution in [3.8, 4) is 0 Å². The molecular formula is C16H26N4O3. The summed E-state index contributed by atoms with van der Waals surface area (Å²) >= 11 is 0. The lowest BCUT2D eigenvalue weighted by Gasteiger charge is -2.18. The molecule has 2 N–H and O–H groups in total. The molecule has 7 heteroatoms. The van der Waals surface area contributed by atoms with E-state index < -0.39 is 6.10 Å². The van der Waals surface area contributed by atoms with Crippen LogP contribution in [0.2, 0.25) is 0 Å². The molecule has 1 fully saturated rings. The van der Waals surface area contributed by atoms with Gasteiger partial charge in [-0.25, -0.2) is 0 Å². The van der Waals surface area contributed by atoms with Gasteiger partial charge < -0.3 is 15.0 Å². The van der Waals surface area contributed by atoms with E-state index in [1.807, 2.05) is 20.8 Å². The molecule has 2 amide bonds. The van der Waals surface area contributed by atoms with Gasteiger partial charge in [0, 0.05) is 31.9 Å². The number of hydrogen-bond acceptors (Lipinski definition) is 4. The van der Waals surface area contributed by atoms with Crippen molar-refractivity contribution < 1.29 is 14.3 Å². The van der Waals surface area contributed by atoms with Gasteiger partial charge in [-0.2, -0.15) is 5.10 Å². The fraction of sp³-hybridized carbons (Fsp3) is 0.688. The second-order valence-corrected chi connectivity index (χ2v) is 6.24. The molecule has 128 valence electrons. The lowest BCUT2D eigenvalue weighted by molar-refractivity contribution is -0.131. The van der Waals surface area contributed by atoms with E-state index in [1.54, 1.807) is 11.0 Å². The maximum Gasteiger partial charge on any atom is 0.274 e. The highest BCUT2D eigenvalue weighted by Crippen LogP contribution is 2.16. The molecule has 1 aromatic rings. The number of ether oxygens (including phenoxy) is 1. The third-order valence-corrected chi connectivity index (χ3v) is 4.21. The van der Waals surface area contributed by atoms with E-state index in [4.69, 9.17) is 4.74 Å². The average Bonchev–Trinajstić information content (AvgIpc) is 3.17. The number of H-pyrrole nitrogens is 1. The molecule has 2 unspecified atom stereocenters. The zero-order chi connectivity index (χ0) is 17.0. The maximum atomic E-state index is 12.5. The van der Waals surface area contributed by atoms with Crippen LogP contribution < -0.4 is 5.32 Å². The molecule has 23 heavy (non-hydrogen) atoms. The topological polar surface area (TPSA) is 87.3 Å². The van der Waals surface area contributed by atoms with Gasteiger partial charge in [-0.05, 0) is 24.8 Å². The van der Waals surface area contributed by atoms with Gasteiger partial charge in [-0.3, -0.25) is 14.7 Å². The summed E-state index contributed by atoms with van der Waals surface area (Å²) in [5.74, 6) is 0.0922. The van der Waals surface area contributed by atoms with Gasteiger partial charge >= 0.3 is 0 Å². The maximum absolute atomic E-state index is 12.5. The predicted molar refractivity (Wildman–Crippen MR) is 86.2 cm³/mol. The summed E-state index contributed by atoms with van der Waals surface area (Å²) in [5, 5.41) is 9.95. The number of carbonyl (C=O) groups excluding carboxylic acids is 2. The first-order chi connectivity index (χ1) is 11.0. The Bertz CT molecular complexity index is 551. The van der Waals surface area contributed by atoms with E-state index in [-0.39, 0.29) is 17.9 Å². The number of amides is 2. The van der Waals surface area contributed by atoms with Crippen LogP contribution in [0.1, 0.15) is 55.7 Å². The molecule has 1 saturated heterocycles. The van der Waals surface area contributed by atoms with E-state index in [0.29, 0.717) is 31.1 Å². The van der Waals surface area contributed by atoms with Crippen molar-refractivity contribution >= 4 is 11.8 Å². The molecule has 1 aliphatic heterocycles. The lowest BCUT2D eigenvalue weighted by Crippen LogP contribution is -2.43. The van der Waals surface area contributed by atoms with Crippen LogP contribution in [0.15, 0.2) is 6.07 Å². The van der Waals surface area contributed by atoms with Gasteiger partial charge in [0.25, 0.3) is 5.91 Å². The van der Waals surface area contributed by atoms with Crippen LogP contribution in [0, 0.1) is 0 Å². The van der Waals surface area contributed by atoms with Crippen LogP contribution in [-0.4, -0.2) is 59.3 Å². The molecule has 0 radical (unpaired) electrons. The number of likely N-dealkylation sites (tertiary alicyclic amines) is 1. The van der Waals surface area contributed by atoms with Crippen molar-refractivity contribution in [1.29, 1.82) is 0 Å². The lowest BCUT2D eigenvalue weighted by atomic mass is 10.1. The average molecular weight is 322 g/mol. The molecule has 0 aliphatic carbocycles. The molecule has 2 heterocycles. The summed E-state index contributed by atoms with van der Waals surface area (Å²) in [6.07, 6.45) is 0.946. The van der Waals surface area contributed by atoms with Crippen molar-refractivity contribution in [2.75, 3.05) is 20.2 Å². The quantitative estimate of drug-likeness (QED) is 0.826. The van der Waals surface area contributed by atoms with E-state index >= 15 is 0 Å². The highest BCUT2D eigenvalue weighted by molar-refractivity contribution is 5.92. The summed E-state index contributed by atoms with van der Waals surface area (Å²) in [6.45, 7) is 7.13. The second kappa shape index (κ2) is 7.59. The third kappa shape index (κ3) is 4.10. The van der Waals surface area contributed by atoms with Crippen LogP contribution in [-0.2, 0) is 9.53 Å². The van der Waals surface area contributed by atoms with Crippen molar-refractivity contribution in [3.05, 3.63) is 17.5 Å². The Morgan fingerprint density at radius 2 is 2.26 bits per heavy atom. The fourth-order valence-electron chi connectivity index (χ4n) is 2.72. The number of hydrogen-bond donors (Lipinski definition) is 2. The minimum Gasteiger partial charge on any atom is -0.372 e. The van der Waals surface area contributed by atoms with Crippen LogP contribution in [0.3, 0.4) is 0 Å². The minimum atomic E-state index is -0.431. The Labute approximate surface area is 136 Å². The second-order valence-electron chi connectivity index (χ2n) is 6.24. The predicted octanol–water partition coefficient (Wildman–Crippen LogP) is 1.29. The fourth-order valence-corrected chi connectivity index (χ4v) is 2.72. The first-order valence-electron chi connectivity index (χ1n) is 8.14. The normalized spacial score (nSPS) is 19.2. The number of aromatic nitrogens is 2. The van der Waals surface area contributed by atoms with Crippen LogP contribution in [0.5, 0.6) is 0 Å². The number of aromatic amines is 1. The first kappa shape index (κ1) is 17.5. The minimum absolute atomic E-state index is 0.0286. The number of rotatable bonds is 6. The zero-order valence-electron chi connectivity index (χ0n) is 14.3. The number of nitrogens with zero attached hydrogens (tertiary/aromatic N) is 2. The SMILES string of the molecule is CCC(OC)C(=O)NC1CCN(C(=O)c2cc(C(C)C)[nH]n2)C1. The van der Waals surface area contributed by atoms with Crippen molar-refractivity contribution in [2.45, 2.75) is 51.7 Å². The summed E-state index contributed by atoms with van der Waals surface area (Å²) in [5.41, 5.74) is 1.38. The largest absolute Gasteiger partial charge is 0.372 e. The third-order valence-electron chi connectivity index (χ3n) is 4.21. The Hall–Kier alpha value is -1.89. The molecular weight excluding hydrogens is 296 g/mol. The van der Waals surface area contributed by atoms with Gasteiger partial charge in [0.2, 0.25) is 5.91 Å². The van der Waals surface area contributed by atoms with E-state index in [2.05, 4.69) is 15.5 Å². The van der Waals surface area contributed by atoms with Crippen LogP contribution >= 0.6 is 0 Å². The van der Waals surface area contributed by atoms with E-state index in [1.165, 1.54) is 7.11 Å². The first-order valence-corrected chi connectivity index (χ1v) is 8.14. The van der Waals surface area contributed by atoms with E-state index in [9.17, 15) is 9.59 Å². The summed E-state index contributed by atoms with van der Waals surface area (Å²) in [6, 6.07) is 1.77. The van der Waals surface area contributed by atoms with Crippen LogP contribution in [0.4, 0.5) is 0 Å². The summed E-state index contributed by atoms with van der Waals surface area (Å²) in [7, 11) is 1.53. The Morgan fingerprint density at radius 1 is 1.52 bits per heavy atom. The molecule has 1 aliphatic rings. The number of nitrogens with one attached hydrogen (secondary N) is 2. The van der Waals surface area contributed by atoms with Gasteiger partial charge in [0.05, 0.1) is 0 Å². The summed E-state index contributed by atoms with van der Waals surface area (Å²) < 4.78 is 5.13. The van der Waals surface area contributed by atoms with Crippen molar-refractivity contribution in [3.63, 3.8) is 0 Å². The molecule has 0 spiro atoms.